The molecule has 0 bridgehead atoms. The number of hydrogen-bond acceptors (Lipinski definition) is 5. The van der Waals surface area contributed by atoms with E-state index in [9.17, 15) is 14.0 Å². The molecule has 37 heavy (non-hydrogen) atoms. The van der Waals surface area contributed by atoms with Crippen LogP contribution in [0, 0.1) is 12.7 Å². The predicted octanol–water partition coefficient (Wildman–Crippen LogP) is 4.97. The van der Waals surface area contributed by atoms with Crippen molar-refractivity contribution in [2.75, 3.05) is 39.8 Å². The van der Waals surface area contributed by atoms with Crippen molar-refractivity contribution in [2.24, 2.45) is 0 Å². The summed E-state index contributed by atoms with van der Waals surface area (Å²) in [6, 6.07) is 15.2. The maximum Gasteiger partial charge on any atom is 0.254 e. The molecule has 1 saturated heterocycles. The third kappa shape index (κ3) is 7.40. The van der Waals surface area contributed by atoms with Gasteiger partial charge in [0.05, 0.1) is 13.7 Å². The van der Waals surface area contributed by atoms with E-state index >= 15 is 0 Å². The van der Waals surface area contributed by atoms with Gasteiger partial charge in [-0.2, -0.15) is 0 Å². The van der Waals surface area contributed by atoms with Crippen LogP contribution in [0.3, 0.4) is 0 Å². The van der Waals surface area contributed by atoms with Crippen LogP contribution in [0.2, 0.25) is 0 Å². The highest BCUT2D eigenvalue weighted by Gasteiger charge is 2.25. The van der Waals surface area contributed by atoms with Gasteiger partial charge in [-0.15, -0.1) is 11.3 Å². The first-order chi connectivity index (χ1) is 17.9. The molecule has 0 unspecified atom stereocenters. The van der Waals surface area contributed by atoms with Crippen molar-refractivity contribution in [3.05, 3.63) is 87.4 Å². The Bertz CT molecular complexity index is 1170. The minimum absolute atomic E-state index is 0.0235. The van der Waals surface area contributed by atoms with E-state index in [-0.39, 0.29) is 24.2 Å². The first kappa shape index (κ1) is 26.8. The van der Waals surface area contributed by atoms with E-state index in [2.05, 4.69) is 4.90 Å². The molecule has 2 amide bonds. The quantitative estimate of drug-likeness (QED) is 0.356. The zero-order valence-electron chi connectivity index (χ0n) is 21.5. The molecule has 0 radical (unpaired) electrons. The molecule has 8 heteroatoms. The van der Waals surface area contributed by atoms with Crippen molar-refractivity contribution in [3.8, 4) is 5.75 Å². The van der Waals surface area contributed by atoms with E-state index in [1.54, 1.807) is 64.6 Å². The Morgan fingerprint density at radius 3 is 2.30 bits per heavy atom. The minimum Gasteiger partial charge on any atom is -0.497 e. The zero-order chi connectivity index (χ0) is 26.2. The molecule has 6 nitrogen and oxygen atoms in total. The first-order valence-corrected chi connectivity index (χ1v) is 13.5. The second kappa shape index (κ2) is 12.8. The van der Waals surface area contributed by atoms with Crippen molar-refractivity contribution in [1.82, 2.24) is 14.7 Å². The Balaban J connectivity index is 1.54. The number of ether oxygens (including phenoxy) is 1. The van der Waals surface area contributed by atoms with Gasteiger partial charge in [-0.25, -0.2) is 4.39 Å². The molecule has 0 spiro atoms. The second-order valence-electron chi connectivity index (χ2n) is 9.41. The molecule has 1 aromatic heterocycles. The standard InChI is InChI=1S/C29H34FN3O3S/c1-22-13-18-37-27(22)20-33(19-23-5-9-25(30)10-6-23)28(34)21-32(17-16-31-14-3-4-15-31)29(35)24-7-11-26(36-2)12-8-24/h5-13,18H,3-4,14-17,19-21H2,1-2H3. The van der Waals surface area contributed by atoms with Crippen LogP contribution in [0.4, 0.5) is 4.39 Å². The van der Waals surface area contributed by atoms with Crippen LogP contribution in [0.25, 0.3) is 0 Å². The molecular weight excluding hydrogens is 489 g/mol. The molecule has 2 aromatic carbocycles. The molecule has 1 aliphatic heterocycles. The average Bonchev–Trinajstić information content (AvgIpc) is 3.58. The third-order valence-corrected chi connectivity index (χ3v) is 7.78. The maximum absolute atomic E-state index is 13.7. The average molecular weight is 524 g/mol. The molecule has 1 aliphatic rings. The molecule has 3 aromatic rings. The SMILES string of the molecule is COc1ccc(C(=O)N(CCN2CCCC2)CC(=O)N(Cc2ccc(F)cc2)Cc2sccc2C)cc1. The summed E-state index contributed by atoms with van der Waals surface area (Å²) < 4.78 is 18.7. The van der Waals surface area contributed by atoms with Gasteiger partial charge < -0.3 is 19.4 Å². The van der Waals surface area contributed by atoms with Crippen LogP contribution < -0.4 is 4.74 Å². The second-order valence-corrected chi connectivity index (χ2v) is 10.4. The molecule has 4 rings (SSSR count). The van der Waals surface area contributed by atoms with E-state index in [0.717, 1.165) is 48.5 Å². The van der Waals surface area contributed by atoms with E-state index in [1.807, 2.05) is 18.4 Å². The van der Waals surface area contributed by atoms with Crippen LogP contribution in [-0.4, -0.2) is 66.3 Å². The largest absolute Gasteiger partial charge is 0.497 e. The fourth-order valence-corrected chi connectivity index (χ4v) is 5.40. The molecular formula is C29H34FN3O3S. The lowest BCUT2D eigenvalue weighted by Crippen LogP contribution is -2.45. The lowest BCUT2D eigenvalue weighted by atomic mass is 10.1. The number of amides is 2. The number of likely N-dealkylation sites (tertiary alicyclic amines) is 1. The van der Waals surface area contributed by atoms with Crippen LogP contribution in [0.5, 0.6) is 5.75 Å². The normalized spacial score (nSPS) is 13.5. The molecule has 196 valence electrons. The van der Waals surface area contributed by atoms with Crippen molar-refractivity contribution in [3.63, 3.8) is 0 Å². The Labute approximate surface area is 222 Å². The van der Waals surface area contributed by atoms with Gasteiger partial charge in [0.1, 0.15) is 18.1 Å². The number of carbonyl (C=O) groups excluding carboxylic acids is 2. The van der Waals surface area contributed by atoms with E-state index in [1.165, 1.54) is 12.1 Å². The minimum atomic E-state index is -0.311. The maximum atomic E-state index is 13.7. The number of benzene rings is 2. The number of hydrogen-bond donors (Lipinski definition) is 0. The molecule has 0 atom stereocenters. The van der Waals surface area contributed by atoms with Crippen LogP contribution in [0.1, 0.15) is 39.2 Å². The monoisotopic (exact) mass is 523 g/mol. The number of halogens is 1. The van der Waals surface area contributed by atoms with Crippen LogP contribution >= 0.6 is 11.3 Å². The Kier molecular flexibility index (Phi) is 9.30. The van der Waals surface area contributed by atoms with Crippen LogP contribution in [0.15, 0.2) is 60.0 Å². The summed E-state index contributed by atoms with van der Waals surface area (Å²) in [6.07, 6.45) is 2.33. The Morgan fingerprint density at radius 2 is 1.68 bits per heavy atom. The highest BCUT2D eigenvalue weighted by molar-refractivity contribution is 7.10. The van der Waals surface area contributed by atoms with Gasteiger partial charge in [-0.1, -0.05) is 12.1 Å². The smallest absolute Gasteiger partial charge is 0.254 e. The molecule has 1 fully saturated rings. The molecule has 0 aliphatic carbocycles. The van der Waals surface area contributed by atoms with Gasteiger partial charge in [-0.3, -0.25) is 9.59 Å². The summed E-state index contributed by atoms with van der Waals surface area (Å²) in [4.78, 5) is 34.1. The van der Waals surface area contributed by atoms with Crippen molar-refractivity contribution < 1.29 is 18.7 Å². The number of carbonyl (C=O) groups is 2. The number of aryl methyl sites for hydroxylation is 1. The van der Waals surface area contributed by atoms with Crippen molar-refractivity contribution >= 4 is 23.2 Å². The lowest BCUT2D eigenvalue weighted by Gasteiger charge is -2.29. The summed E-state index contributed by atoms with van der Waals surface area (Å²) in [5.74, 6) is 0.0478. The van der Waals surface area contributed by atoms with Gasteiger partial charge in [0, 0.05) is 30.1 Å². The van der Waals surface area contributed by atoms with Crippen molar-refractivity contribution in [1.29, 1.82) is 0 Å². The number of nitrogens with zero attached hydrogens (tertiary/aromatic N) is 3. The van der Waals surface area contributed by atoms with Gasteiger partial charge in [-0.05, 0) is 91.8 Å². The molecule has 2 heterocycles. The van der Waals surface area contributed by atoms with E-state index < -0.39 is 0 Å². The summed E-state index contributed by atoms with van der Waals surface area (Å²) in [7, 11) is 1.59. The highest BCUT2D eigenvalue weighted by atomic mass is 32.1. The number of methoxy groups -OCH3 is 1. The van der Waals surface area contributed by atoms with Gasteiger partial charge >= 0.3 is 0 Å². The fraction of sp³-hybridized carbons (Fsp3) is 0.379. The highest BCUT2D eigenvalue weighted by Crippen LogP contribution is 2.21. The van der Waals surface area contributed by atoms with Crippen LogP contribution in [-0.2, 0) is 17.9 Å². The predicted molar refractivity (Wildman–Crippen MR) is 144 cm³/mol. The van der Waals surface area contributed by atoms with E-state index in [4.69, 9.17) is 4.74 Å². The van der Waals surface area contributed by atoms with Gasteiger partial charge in [0.15, 0.2) is 0 Å². The lowest BCUT2D eigenvalue weighted by molar-refractivity contribution is -0.133. The molecule has 0 N–H and O–H groups in total. The fourth-order valence-electron chi connectivity index (χ4n) is 4.48. The topological polar surface area (TPSA) is 53.1 Å². The molecule has 0 saturated carbocycles. The summed E-state index contributed by atoms with van der Waals surface area (Å²) in [5, 5.41) is 2.01. The Hall–Kier alpha value is -3.23. The number of thiophene rings is 1. The summed E-state index contributed by atoms with van der Waals surface area (Å²) in [5.41, 5.74) is 2.49. The summed E-state index contributed by atoms with van der Waals surface area (Å²) in [6.45, 7) is 6.03. The Morgan fingerprint density at radius 1 is 0.973 bits per heavy atom. The summed E-state index contributed by atoms with van der Waals surface area (Å²) >= 11 is 1.61. The van der Waals surface area contributed by atoms with Crippen molar-refractivity contribution in [2.45, 2.75) is 32.9 Å². The van der Waals surface area contributed by atoms with E-state index in [0.29, 0.717) is 30.9 Å². The third-order valence-electron chi connectivity index (χ3n) is 6.78. The van der Waals surface area contributed by atoms with Gasteiger partial charge in [0.2, 0.25) is 5.91 Å². The number of rotatable bonds is 11. The first-order valence-electron chi connectivity index (χ1n) is 12.6. The zero-order valence-corrected chi connectivity index (χ0v) is 22.3. The van der Waals surface area contributed by atoms with Gasteiger partial charge in [0.25, 0.3) is 5.91 Å².